The minimum absolute atomic E-state index is 0.0279. The molecule has 35 heavy (non-hydrogen) atoms. The summed E-state index contributed by atoms with van der Waals surface area (Å²) >= 11 is 1.76. The van der Waals surface area contributed by atoms with Crippen molar-refractivity contribution in [3.8, 4) is 23.0 Å². The van der Waals surface area contributed by atoms with Crippen molar-refractivity contribution >= 4 is 29.7 Å². The van der Waals surface area contributed by atoms with E-state index in [-0.39, 0.29) is 17.7 Å². The Morgan fingerprint density at radius 3 is 2.43 bits per heavy atom. The molecule has 174 valence electrons. The number of hydrogen-bond donors (Lipinski definition) is 0. The molecule has 2 aromatic carbocycles. The van der Waals surface area contributed by atoms with Crippen LogP contribution in [0.5, 0.6) is 0 Å². The first-order chi connectivity index (χ1) is 17.0. The number of thioether (sulfide) groups is 1. The summed E-state index contributed by atoms with van der Waals surface area (Å²) < 4.78 is 1.76. The van der Waals surface area contributed by atoms with E-state index in [9.17, 15) is 14.9 Å². The van der Waals surface area contributed by atoms with Gasteiger partial charge < -0.3 is 0 Å². The van der Waals surface area contributed by atoms with Gasteiger partial charge in [0.2, 0.25) is 0 Å². The van der Waals surface area contributed by atoms with Gasteiger partial charge in [-0.25, -0.2) is 4.68 Å². The molecule has 2 heterocycles. The quantitative estimate of drug-likeness (QED) is 0.195. The molecule has 0 aliphatic carbocycles. The highest BCUT2D eigenvalue weighted by Crippen LogP contribution is 2.32. The molecule has 4 rings (SSSR count). The summed E-state index contributed by atoms with van der Waals surface area (Å²) in [6.07, 6.45) is 5.04. The Balaban J connectivity index is 1.89. The van der Waals surface area contributed by atoms with Gasteiger partial charge in [0.1, 0.15) is 11.6 Å². The Kier molecular flexibility index (Phi) is 7.14. The van der Waals surface area contributed by atoms with Gasteiger partial charge in [-0.15, -0.1) is 18.3 Å². The lowest BCUT2D eigenvalue weighted by Gasteiger charge is -2.26. The summed E-state index contributed by atoms with van der Waals surface area (Å²) in [5.74, 6) is -0.0791. The molecule has 2 amide bonds. The average molecular weight is 481 g/mol. The largest absolute Gasteiger partial charge is 0.271 e. The molecule has 0 unspecified atom stereocenters. The minimum Gasteiger partial charge on any atom is -0.270 e. The summed E-state index contributed by atoms with van der Waals surface area (Å²) in [4.78, 5) is 28.1. The second-order valence-electron chi connectivity index (χ2n) is 7.85. The van der Waals surface area contributed by atoms with E-state index in [1.54, 1.807) is 29.4 Å². The Hall–Kier alpha value is -4.15. The van der Waals surface area contributed by atoms with Crippen LogP contribution in [-0.2, 0) is 9.59 Å². The molecule has 0 saturated carbocycles. The molecule has 0 N–H and O–H groups in total. The fourth-order valence-electron chi connectivity index (χ4n) is 3.89. The van der Waals surface area contributed by atoms with Crippen LogP contribution in [0.25, 0.3) is 23.0 Å². The molecule has 3 aromatic rings. The molecule has 1 aromatic heterocycles. The molecule has 0 atom stereocenters. The van der Waals surface area contributed by atoms with Crippen LogP contribution in [-0.4, -0.2) is 38.8 Å². The first-order valence-corrected chi connectivity index (χ1v) is 12.2. The van der Waals surface area contributed by atoms with Gasteiger partial charge in [0.05, 0.1) is 11.4 Å². The van der Waals surface area contributed by atoms with Crippen LogP contribution in [0, 0.1) is 11.3 Å². The van der Waals surface area contributed by atoms with E-state index in [4.69, 9.17) is 5.10 Å². The zero-order chi connectivity index (χ0) is 24.9. The van der Waals surface area contributed by atoms with Crippen molar-refractivity contribution in [3.63, 3.8) is 0 Å². The second-order valence-corrected chi connectivity index (χ2v) is 9.19. The van der Waals surface area contributed by atoms with Gasteiger partial charge in [0.25, 0.3) is 11.8 Å². The molecule has 0 bridgehead atoms. The first-order valence-electron chi connectivity index (χ1n) is 11.2. The van der Waals surface area contributed by atoms with Crippen molar-refractivity contribution in [2.24, 2.45) is 0 Å². The van der Waals surface area contributed by atoms with Crippen LogP contribution in [0.1, 0.15) is 19.4 Å². The number of carbonyl (C=O) groups is 2. The number of nitriles is 1. The van der Waals surface area contributed by atoms with Crippen molar-refractivity contribution in [2.45, 2.75) is 18.7 Å². The number of amides is 2. The van der Waals surface area contributed by atoms with Crippen molar-refractivity contribution in [2.75, 3.05) is 12.3 Å². The molecule has 1 aliphatic heterocycles. The van der Waals surface area contributed by atoms with Crippen LogP contribution in [0.4, 0.5) is 0 Å². The van der Waals surface area contributed by atoms with Gasteiger partial charge in [0, 0.05) is 34.3 Å². The first kappa shape index (κ1) is 24.0. The zero-order valence-electron chi connectivity index (χ0n) is 19.6. The third kappa shape index (κ3) is 4.75. The monoisotopic (exact) mass is 480 g/mol. The predicted octanol–water partition coefficient (Wildman–Crippen LogP) is 5.43. The SMILES string of the molecule is C=CCN1C(=O)C(C#N)=C(C)/C(=C\c2cn(-c3ccccc3)nc2-c2ccc(SCC)cc2)C1=O. The number of para-hydroxylation sites is 1. The van der Waals surface area contributed by atoms with Crippen LogP contribution in [0.2, 0.25) is 0 Å². The highest BCUT2D eigenvalue weighted by Gasteiger charge is 2.35. The molecule has 0 spiro atoms. The lowest BCUT2D eigenvalue weighted by molar-refractivity contribution is -0.139. The molecule has 1 aliphatic rings. The minimum atomic E-state index is -0.601. The Morgan fingerprint density at radius 1 is 1.09 bits per heavy atom. The number of benzene rings is 2. The standard InChI is InChI=1S/C28H24N4O2S/c1-4-15-31-27(33)24(19(3)25(17-29)28(31)34)16-21-18-32(22-9-7-6-8-10-22)30-26(21)20-11-13-23(14-12-20)35-5-2/h4,6-14,16,18H,1,5,15H2,2-3H3/b24-16+. The van der Waals surface area contributed by atoms with E-state index in [0.717, 1.165) is 26.8 Å². The van der Waals surface area contributed by atoms with Crippen LogP contribution in [0.15, 0.2) is 95.1 Å². The van der Waals surface area contributed by atoms with Crippen molar-refractivity contribution < 1.29 is 9.59 Å². The van der Waals surface area contributed by atoms with E-state index in [1.807, 2.05) is 54.7 Å². The number of nitrogens with zero attached hydrogens (tertiary/aromatic N) is 4. The summed E-state index contributed by atoms with van der Waals surface area (Å²) in [7, 11) is 0. The topological polar surface area (TPSA) is 79.0 Å². The van der Waals surface area contributed by atoms with Crippen molar-refractivity contribution in [1.82, 2.24) is 14.7 Å². The van der Waals surface area contributed by atoms with Gasteiger partial charge in [-0.2, -0.15) is 10.4 Å². The predicted molar refractivity (Wildman–Crippen MR) is 139 cm³/mol. The van der Waals surface area contributed by atoms with Gasteiger partial charge >= 0.3 is 0 Å². The van der Waals surface area contributed by atoms with Crippen LogP contribution in [0.3, 0.4) is 0 Å². The molecule has 7 heteroatoms. The molecule has 0 radical (unpaired) electrons. The highest BCUT2D eigenvalue weighted by molar-refractivity contribution is 7.99. The smallest absolute Gasteiger partial charge is 0.270 e. The fourth-order valence-corrected chi connectivity index (χ4v) is 4.55. The zero-order valence-corrected chi connectivity index (χ0v) is 20.4. The maximum atomic E-state index is 13.3. The fraction of sp³-hybridized carbons (Fsp3) is 0.143. The van der Waals surface area contributed by atoms with E-state index in [1.165, 1.54) is 6.08 Å². The van der Waals surface area contributed by atoms with Crippen molar-refractivity contribution in [3.05, 3.63) is 95.7 Å². The third-order valence-electron chi connectivity index (χ3n) is 5.64. The maximum absolute atomic E-state index is 13.3. The molecular formula is C28H24N4O2S. The number of rotatable bonds is 7. The van der Waals surface area contributed by atoms with Gasteiger partial charge in [-0.3, -0.25) is 14.5 Å². The molecule has 6 nitrogen and oxygen atoms in total. The highest BCUT2D eigenvalue weighted by atomic mass is 32.2. The number of carbonyl (C=O) groups excluding carboxylic acids is 2. The lowest BCUT2D eigenvalue weighted by Crippen LogP contribution is -2.42. The summed E-state index contributed by atoms with van der Waals surface area (Å²) in [6, 6.07) is 19.8. The maximum Gasteiger partial charge on any atom is 0.271 e. The number of aromatic nitrogens is 2. The number of hydrogen-bond acceptors (Lipinski definition) is 5. The normalized spacial score (nSPS) is 15.0. The molecule has 0 fully saturated rings. The summed E-state index contributed by atoms with van der Waals surface area (Å²) in [5, 5.41) is 14.4. The van der Waals surface area contributed by atoms with E-state index in [0.29, 0.717) is 16.8 Å². The van der Waals surface area contributed by atoms with E-state index >= 15 is 0 Å². The summed E-state index contributed by atoms with van der Waals surface area (Å²) in [6.45, 7) is 7.40. The molecular weight excluding hydrogens is 456 g/mol. The van der Waals surface area contributed by atoms with E-state index in [2.05, 4.69) is 25.6 Å². The van der Waals surface area contributed by atoms with Gasteiger partial charge in [-0.05, 0) is 48.6 Å². The van der Waals surface area contributed by atoms with Gasteiger partial charge in [0.15, 0.2) is 0 Å². The Labute approximate surface area is 208 Å². The van der Waals surface area contributed by atoms with Gasteiger partial charge in [-0.1, -0.05) is 43.3 Å². The summed E-state index contributed by atoms with van der Waals surface area (Å²) in [5.41, 5.74) is 3.77. The molecule has 0 saturated heterocycles. The van der Waals surface area contributed by atoms with Crippen LogP contribution >= 0.6 is 11.8 Å². The van der Waals surface area contributed by atoms with Crippen LogP contribution < -0.4 is 0 Å². The van der Waals surface area contributed by atoms with E-state index < -0.39 is 11.8 Å². The number of imide groups is 1. The Morgan fingerprint density at radius 2 is 1.80 bits per heavy atom. The van der Waals surface area contributed by atoms with Crippen molar-refractivity contribution in [1.29, 1.82) is 5.26 Å². The lowest BCUT2D eigenvalue weighted by atomic mass is 9.93. The third-order valence-corrected chi connectivity index (χ3v) is 6.53. The second kappa shape index (κ2) is 10.4. The Bertz CT molecular complexity index is 1390. The average Bonchev–Trinajstić information content (AvgIpc) is 3.30.